The molecule has 3 aromatic rings. The smallest absolute Gasteiger partial charge is 0.341 e. The average molecular weight is 457 g/mol. The molecule has 0 saturated carbocycles. The molecule has 5 heteroatoms. The second-order valence-electron chi connectivity index (χ2n) is 9.41. The Morgan fingerprint density at radius 3 is 2.09 bits per heavy atom. The predicted octanol–water partition coefficient (Wildman–Crippen LogP) is 4.88. The van der Waals surface area contributed by atoms with Crippen LogP contribution in [0, 0.1) is 5.92 Å². The van der Waals surface area contributed by atoms with Crippen LogP contribution in [-0.4, -0.2) is 54.8 Å². The SMILES string of the molecule is CN(c1ccccc1OCC(=O)O)[C@@H]1C2CCN(CC2)[C@@H]1C(c1ccccc1)c1ccccc1. The zero-order chi connectivity index (χ0) is 23.5. The Bertz CT molecular complexity index is 1060. The number of aliphatic carboxylic acids is 1. The van der Waals surface area contributed by atoms with E-state index < -0.39 is 5.97 Å². The van der Waals surface area contributed by atoms with Crippen molar-refractivity contribution in [2.75, 3.05) is 31.6 Å². The number of nitrogens with zero attached hydrogens (tertiary/aromatic N) is 2. The van der Waals surface area contributed by atoms with Gasteiger partial charge in [-0.1, -0.05) is 72.8 Å². The summed E-state index contributed by atoms with van der Waals surface area (Å²) in [7, 11) is 2.15. The molecule has 6 rings (SSSR count). The highest BCUT2D eigenvalue weighted by Crippen LogP contribution is 2.45. The van der Waals surface area contributed by atoms with Crippen molar-refractivity contribution in [1.82, 2.24) is 4.90 Å². The fourth-order valence-electron chi connectivity index (χ4n) is 6.09. The number of carboxylic acid groups (broad SMARTS) is 1. The summed E-state index contributed by atoms with van der Waals surface area (Å²) < 4.78 is 5.70. The van der Waals surface area contributed by atoms with Gasteiger partial charge in [0.2, 0.25) is 0 Å². The molecule has 2 bridgehead atoms. The second-order valence-corrected chi connectivity index (χ2v) is 9.41. The van der Waals surface area contributed by atoms with Gasteiger partial charge in [-0.05, 0) is 55.1 Å². The first-order valence-electron chi connectivity index (χ1n) is 12.1. The normalized spacial score (nSPS) is 23.6. The Kier molecular flexibility index (Phi) is 6.54. The van der Waals surface area contributed by atoms with E-state index in [4.69, 9.17) is 9.84 Å². The van der Waals surface area contributed by atoms with Crippen molar-refractivity contribution in [2.45, 2.75) is 30.8 Å². The molecule has 2 atom stereocenters. The number of hydrogen-bond donors (Lipinski definition) is 1. The molecule has 0 aliphatic carbocycles. The maximum atomic E-state index is 11.2. The van der Waals surface area contributed by atoms with E-state index in [0.29, 0.717) is 17.7 Å². The van der Waals surface area contributed by atoms with Crippen molar-refractivity contribution in [2.24, 2.45) is 5.92 Å². The van der Waals surface area contributed by atoms with E-state index in [2.05, 4.69) is 77.5 Å². The number of hydrogen-bond acceptors (Lipinski definition) is 4. The molecule has 5 nitrogen and oxygen atoms in total. The van der Waals surface area contributed by atoms with Crippen LogP contribution >= 0.6 is 0 Å². The van der Waals surface area contributed by atoms with Crippen LogP contribution in [-0.2, 0) is 4.79 Å². The molecule has 3 aliphatic heterocycles. The van der Waals surface area contributed by atoms with Gasteiger partial charge >= 0.3 is 5.97 Å². The van der Waals surface area contributed by atoms with E-state index in [0.717, 1.165) is 18.8 Å². The van der Waals surface area contributed by atoms with Gasteiger partial charge in [0.05, 0.1) is 5.69 Å². The summed E-state index contributed by atoms with van der Waals surface area (Å²) in [6.07, 6.45) is 2.36. The summed E-state index contributed by atoms with van der Waals surface area (Å²) in [6.45, 7) is 1.89. The van der Waals surface area contributed by atoms with Crippen molar-refractivity contribution in [3.05, 3.63) is 96.1 Å². The van der Waals surface area contributed by atoms with Crippen LogP contribution in [0.25, 0.3) is 0 Å². The van der Waals surface area contributed by atoms with Gasteiger partial charge in [-0.15, -0.1) is 0 Å². The van der Waals surface area contributed by atoms with Crippen molar-refractivity contribution in [3.63, 3.8) is 0 Å². The first kappa shape index (κ1) is 22.5. The fourth-order valence-corrected chi connectivity index (χ4v) is 6.09. The number of piperidine rings is 3. The molecule has 0 unspecified atom stereocenters. The first-order chi connectivity index (χ1) is 16.6. The number of likely N-dealkylation sites (N-methyl/N-ethyl adjacent to an activating group) is 1. The molecule has 34 heavy (non-hydrogen) atoms. The van der Waals surface area contributed by atoms with Gasteiger partial charge in [0.25, 0.3) is 0 Å². The Labute approximate surface area is 201 Å². The number of anilines is 1. The van der Waals surface area contributed by atoms with E-state index in [9.17, 15) is 4.79 Å². The predicted molar refractivity (Wildman–Crippen MR) is 135 cm³/mol. The fraction of sp³-hybridized carbons (Fsp3) is 0.345. The standard InChI is InChI=1S/C29H32N2O3/c1-30(24-14-8-9-15-25(24)34-20-26(32)33)28-23-16-18-31(19-17-23)29(28)27(21-10-4-2-5-11-21)22-12-6-3-7-13-22/h2-15,23,27-29H,16-20H2,1H3,(H,32,33)/t28-,29-/m1/s1. The summed E-state index contributed by atoms with van der Waals surface area (Å²) in [6, 6.07) is 30.1. The molecule has 0 radical (unpaired) electrons. The lowest BCUT2D eigenvalue weighted by Gasteiger charge is -2.56. The lowest BCUT2D eigenvalue weighted by Crippen LogP contribution is -2.65. The van der Waals surface area contributed by atoms with Crippen molar-refractivity contribution < 1.29 is 14.6 Å². The minimum atomic E-state index is -0.966. The van der Waals surface area contributed by atoms with Crippen LogP contribution in [0.3, 0.4) is 0 Å². The monoisotopic (exact) mass is 456 g/mol. The van der Waals surface area contributed by atoms with Crippen LogP contribution < -0.4 is 9.64 Å². The van der Waals surface area contributed by atoms with Crippen LogP contribution in [0.1, 0.15) is 29.9 Å². The van der Waals surface area contributed by atoms with Gasteiger partial charge < -0.3 is 14.7 Å². The number of benzene rings is 3. The van der Waals surface area contributed by atoms with E-state index in [-0.39, 0.29) is 18.6 Å². The molecular weight excluding hydrogens is 424 g/mol. The van der Waals surface area contributed by atoms with Gasteiger partial charge in [-0.25, -0.2) is 4.79 Å². The minimum absolute atomic E-state index is 0.241. The number of para-hydroxylation sites is 2. The highest BCUT2D eigenvalue weighted by Gasteiger charge is 2.48. The third-order valence-corrected chi connectivity index (χ3v) is 7.53. The number of carbonyl (C=O) groups is 1. The molecule has 176 valence electrons. The zero-order valence-corrected chi connectivity index (χ0v) is 19.6. The molecule has 0 amide bonds. The summed E-state index contributed by atoms with van der Waals surface area (Å²) >= 11 is 0. The molecule has 1 N–H and O–H groups in total. The molecule has 3 aliphatic rings. The Balaban J connectivity index is 1.57. The maximum Gasteiger partial charge on any atom is 0.341 e. The molecule has 0 aromatic heterocycles. The third-order valence-electron chi connectivity index (χ3n) is 7.53. The summed E-state index contributed by atoms with van der Waals surface area (Å²) in [4.78, 5) is 16.2. The third kappa shape index (κ3) is 4.40. The van der Waals surface area contributed by atoms with Gasteiger partial charge in [0.15, 0.2) is 6.61 Å². The van der Waals surface area contributed by atoms with Crippen molar-refractivity contribution in [3.8, 4) is 5.75 Å². The Morgan fingerprint density at radius 1 is 0.941 bits per heavy atom. The largest absolute Gasteiger partial charge is 0.480 e. The Hall–Kier alpha value is -3.31. The van der Waals surface area contributed by atoms with Crippen molar-refractivity contribution in [1.29, 1.82) is 0 Å². The molecule has 3 saturated heterocycles. The zero-order valence-electron chi connectivity index (χ0n) is 19.6. The van der Waals surface area contributed by atoms with E-state index in [1.54, 1.807) is 0 Å². The van der Waals surface area contributed by atoms with Gasteiger partial charge in [0.1, 0.15) is 5.75 Å². The van der Waals surface area contributed by atoms with Crippen molar-refractivity contribution >= 4 is 11.7 Å². The molecule has 3 heterocycles. The Morgan fingerprint density at radius 2 is 1.50 bits per heavy atom. The molecule has 3 aromatic carbocycles. The van der Waals surface area contributed by atoms with E-state index >= 15 is 0 Å². The first-order valence-corrected chi connectivity index (χ1v) is 12.1. The van der Waals surface area contributed by atoms with E-state index in [1.165, 1.54) is 24.0 Å². The quantitative estimate of drug-likeness (QED) is 0.524. The molecular formula is C29H32N2O3. The number of ether oxygens (including phenoxy) is 1. The highest BCUT2D eigenvalue weighted by atomic mass is 16.5. The second kappa shape index (κ2) is 9.90. The van der Waals surface area contributed by atoms with E-state index in [1.807, 2.05) is 24.3 Å². The molecule has 0 spiro atoms. The summed E-state index contributed by atoms with van der Waals surface area (Å²) in [5, 5.41) is 9.16. The highest BCUT2D eigenvalue weighted by molar-refractivity contribution is 5.69. The summed E-state index contributed by atoms with van der Waals surface area (Å²) in [5.74, 6) is 0.470. The summed E-state index contributed by atoms with van der Waals surface area (Å²) in [5.41, 5.74) is 3.62. The average Bonchev–Trinajstić information content (AvgIpc) is 2.89. The lowest BCUT2D eigenvalue weighted by molar-refractivity contribution is -0.139. The van der Waals surface area contributed by atoms with Crippen LogP contribution in [0.15, 0.2) is 84.9 Å². The molecule has 3 fully saturated rings. The van der Waals surface area contributed by atoms with Gasteiger partial charge in [-0.2, -0.15) is 0 Å². The lowest BCUT2D eigenvalue weighted by atomic mass is 9.70. The van der Waals surface area contributed by atoms with Gasteiger partial charge in [0, 0.05) is 25.0 Å². The number of carboxylic acids is 1. The van der Waals surface area contributed by atoms with Gasteiger partial charge in [-0.3, -0.25) is 4.90 Å². The van der Waals surface area contributed by atoms with Crippen LogP contribution in [0.2, 0.25) is 0 Å². The maximum absolute atomic E-state index is 11.2. The van der Waals surface area contributed by atoms with Crippen LogP contribution in [0.4, 0.5) is 5.69 Å². The van der Waals surface area contributed by atoms with Crippen LogP contribution in [0.5, 0.6) is 5.75 Å². The number of rotatable bonds is 8. The topological polar surface area (TPSA) is 53.0 Å². The number of fused-ring (bicyclic) bond motifs is 3. The minimum Gasteiger partial charge on any atom is -0.480 e.